The number of carbonyl (C=O) groups is 1. The minimum atomic E-state index is -0.432. The number of likely N-dealkylation sites (N-methyl/N-ethyl adjacent to an activating group) is 1. The first-order chi connectivity index (χ1) is 6.62. The van der Waals surface area contributed by atoms with Crippen LogP contribution < -0.4 is 0 Å². The van der Waals surface area contributed by atoms with Gasteiger partial charge in [-0.25, -0.2) is 0 Å². The highest BCUT2D eigenvalue weighted by atomic mass is 16.1. The quantitative estimate of drug-likeness (QED) is 0.478. The fourth-order valence-corrected chi connectivity index (χ4v) is 2.13. The first-order valence-electron chi connectivity index (χ1n) is 5.38. The molecule has 0 aromatic heterocycles. The van der Waals surface area contributed by atoms with Gasteiger partial charge in [0.25, 0.3) is 0 Å². The normalized spacial score (nSPS) is 11.4. The molecule has 2 nitrogen and oxygen atoms in total. The monoisotopic (exact) mass is 195 g/mol. The highest BCUT2D eigenvalue weighted by Gasteiger charge is 2.38. The number of nitrogens with zero attached hydrogens (tertiary/aromatic N) is 1. The summed E-state index contributed by atoms with van der Waals surface area (Å²) < 4.78 is 0. The van der Waals surface area contributed by atoms with E-state index >= 15 is 0 Å². The van der Waals surface area contributed by atoms with Crippen LogP contribution in [0.25, 0.3) is 0 Å². The van der Waals surface area contributed by atoms with Gasteiger partial charge in [-0.1, -0.05) is 27.7 Å². The molecule has 0 bridgehead atoms. The maximum Gasteiger partial charge on any atom is 0.225 e. The molecule has 0 atom stereocenters. The van der Waals surface area contributed by atoms with E-state index < -0.39 is 5.54 Å². The summed E-state index contributed by atoms with van der Waals surface area (Å²) in [5, 5.41) is 0. The van der Waals surface area contributed by atoms with Crippen LogP contribution in [0, 0.1) is 12.3 Å². The van der Waals surface area contributed by atoms with E-state index in [1.165, 1.54) is 0 Å². The van der Waals surface area contributed by atoms with Gasteiger partial charge in [-0.05, 0) is 31.9 Å². The van der Waals surface area contributed by atoms with E-state index in [-0.39, 0.29) is 5.78 Å². The van der Waals surface area contributed by atoms with Crippen LogP contribution in [0.2, 0.25) is 0 Å². The standard InChI is InChI=1S/C12H21NO/c1-6-11(14)12(7-2,8-3)13(9-4)10-5/h1H,7-10H2,2-5H3. The summed E-state index contributed by atoms with van der Waals surface area (Å²) in [5.74, 6) is 2.20. The van der Waals surface area contributed by atoms with Crippen molar-refractivity contribution in [3.63, 3.8) is 0 Å². The molecular weight excluding hydrogens is 174 g/mol. The molecule has 0 fully saturated rings. The van der Waals surface area contributed by atoms with E-state index in [0.717, 1.165) is 25.9 Å². The number of rotatable bonds is 6. The van der Waals surface area contributed by atoms with Gasteiger partial charge in [-0.15, -0.1) is 6.42 Å². The zero-order valence-electron chi connectivity index (χ0n) is 9.76. The molecule has 0 saturated carbocycles. The van der Waals surface area contributed by atoms with Gasteiger partial charge >= 0.3 is 0 Å². The predicted octanol–water partition coefficient (Wildman–Crippen LogP) is 2.09. The summed E-state index contributed by atoms with van der Waals surface area (Å²) in [6.07, 6.45) is 6.80. The second-order valence-corrected chi connectivity index (χ2v) is 3.38. The van der Waals surface area contributed by atoms with E-state index in [0.29, 0.717) is 0 Å². The Balaban J connectivity index is 5.05. The molecule has 0 aliphatic heterocycles. The van der Waals surface area contributed by atoms with E-state index in [4.69, 9.17) is 6.42 Å². The molecule has 0 saturated heterocycles. The fourth-order valence-electron chi connectivity index (χ4n) is 2.13. The lowest BCUT2D eigenvalue weighted by molar-refractivity contribution is -0.126. The summed E-state index contributed by atoms with van der Waals surface area (Å²) in [4.78, 5) is 13.9. The number of terminal acetylenes is 1. The molecule has 0 aliphatic rings. The van der Waals surface area contributed by atoms with Crippen LogP contribution in [0.5, 0.6) is 0 Å². The average molecular weight is 195 g/mol. The van der Waals surface area contributed by atoms with Gasteiger partial charge in [-0.3, -0.25) is 9.69 Å². The maximum atomic E-state index is 11.8. The van der Waals surface area contributed by atoms with E-state index in [2.05, 4.69) is 24.7 Å². The molecule has 0 unspecified atom stereocenters. The van der Waals surface area contributed by atoms with Gasteiger partial charge < -0.3 is 0 Å². The third-order valence-electron chi connectivity index (χ3n) is 3.09. The summed E-state index contributed by atoms with van der Waals surface area (Å²) in [6.45, 7) is 9.91. The molecule has 0 radical (unpaired) electrons. The van der Waals surface area contributed by atoms with Gasteiger partial charge in [0.15, 0.2) is 0 Å². The van der Waals surface area contributed by atoms with E-state index in [1.807, 2.05) is 13.8 Å². The van der Waals surface area contributed by atoms with Crippen LogP contribution >= 0.6 is 0 Å². The van der Waals surface area contributed by atoms with Crippen LogP contribution in [0.15, 0.2) is 0 Å². The minimum absolute atomic E-state index is 0.0776. The second kappa shape index (κ2) is 5.82. The van der Waals surface area contributed by atoms with Gasteiger partial charge in [0.05, 0.1) is 5.54 Å². The van der Waals surface area contributed by atoms with Crippen molar-refractivity contribution >= 4 is 5.78 Å². The smallest absolute Gasteiger partial charge is 0.225 e. The van der Waals surface area contributed by atoms with Crippen molar-refractivity contribution in [2.45, 2.75) is 46.1 Å². The first kappa shape index (κ1) is 13.2. The number of carbonyl (C=O) groups excluding carboxylic acids is 1. The maximum absolute atomic E-state index is 11.8. The third kappa shape index (κ3) is 2.16. The zero-order chi connectivity index (χ0) is 11.2. The van der Waals surface area contributed by atoms with Crippen LogP contribution in [0.3, 0.4) is 0 Å². The van der Waals surface area contributed by atoms with Crippen LogP contribution in [-0.4, -0.2) is 29.3 Å². The average Bonchev–Trinajstić information content (AvgIpc) is 2.25. The number of ketones is 1. The van der Waals surface area contributed by atoms with Gasteiger partial charge in [0.1, 0.15) is 0 Å². The van der Waals surface area contributed by atoms with E-state index in [1.54, 1.807) is 0 Å². The molecule has 80 valence electrons. The van der Waals surface area contributed by atoms with Crippen molar-refractivity contribution < 1.29 is 4.79 Å². The summed E-state index contributed by atoms with van der Waals surface area (Å²) in [6, 6.07) is 0. The van der Waals surface area contributed by atoms with E-state index in [9.17, 15) is 4.79 Å². The summed E-state index contributed by atoms with van der Waals surface area (Å²) in [5.41, 5.74) is -0.432. The molecule has 2 heteroatoms. The van der Waals surface area contributed by atoms with Crippen molar-refractivity contribution in [3.05, 3.63) is 0 Å². The van der Waals surface area contributed by atoms with Gasteiger partial charge in [0, 0.05) is 0 Å². The Hall–Kier alpha value is -0.810. The second-order valence-electron chi connectivity index (χ2n) is 3.38. The Morgan fingerprint density at radius 3 is 1.86 bits per heavy atom. The number of hydrogen-bond donors (Lipinski definition) is 0. The Morgan fingerprint density at radius 1 is 1.21 bits per heavy atom. The number of Topliss-reactive ketones (excluding diaryl/α,β-unsaturated/α-hetero) is 1. The van der Waals surface area contributed by atoms with Crippen LogP contribution in [-0.2, 0) is 4.79 Å². The van der Waals surface area contributed by atoms with Crippen molar-refractivity contribution in [1.82, 2.24) is 4.90 Å². The van der Waals surface area contributed by atoms with Crippen molar-refractivity contribution in [2.75, 3.05) is 13.1 Å². The molecule has 0 spiro atoms. The molecule has 0 rings (SSSR count). The molecule has 0 N–H and O–H groups in total. The molecule has 0 amide bonds. The highest BCUT2D eigenvalue weighted by Crippen LogP contribution is 2.24. The first-order valence-corrected chi connectivity index (χ1v) is 5.38. The van der Waals surface area contributed by atoms with Crippen molar-refractivity contribution in [3.8, 4) is 12.3 Å². The topological polar surface area (TPSA) is 20.3 Å². The lowest BCUT2D eigenvalue weighted by atomic mass is 9.86. The Labute approximate surface area is 87.7 Å². The summed E-state index contributed by atoms with van der Waals surface area (Å²) >= 11 is 0. The Kier molecular flexibility index (Phi) is 5.49. The molecule has 14 heavy (non-hydrogen) atoms. The molecular formula is C12H21NO. The number of hydrogen-bond acceptors (Lipinski definition) is 2. The Bertz CT molecular complexity index is 219. The molecule has 0 aliphatic carbocycles. The van der Waals surface area contributed by atoms with Crippen LogP contribution in [0.4, 0.5) is 0 Å². The molecule has 0 heterocycles. The van der Waals surface area contributed by atoms with Crippen molar-refractivity contribution in [1.29, 1.82) is 0 Å². The lowest BCUT2D eigenvalue weighted by Gasteiger charge is -2.39. The third-order valence-corrected chi connectivity index (χ3v) is 3.09. The minimum Gasteiger partial charge on any atom is -0.291 e. The lowest BCUT2D eigenvalue weighted by Crippen LogP contribution is -2.53. The zero-order valence-corrected chi connectivity index (χ0v) is 9.76. The van der Waals surface area contributed by atoms with Gasteiger partial charge in [-0.2, -0.15) is 0 Å². The van der Waals surface area contributed by atoms with Gasteiger partial charge in [0.2, 0.25) is 5.78 Å². The Morgan fingerprint density at radius 2 is 1.64 bits per heavy atom. The fraction of sp³-hybridized carbons (Fsp3) is 0.750. The molecule has 0 aromatic rings. The van der Waals surface area contributed by atoms with Crippen LogP contribution in [0.1, 0.15) is 40.5 Å². The predicted molar refractivity (Wildman–Crippen MR) is 60.1 cm³/mol. The largest absolute Gasteiger partial charge is 0.291 e. The van der Waals surface area contributed by atoms with Crippen molar-refractivity contribution in [2.24, 2.45) is 0 Å². The molecule has 0 aromatic carbocycles. The highest BCUT2D eigenvalue weighted by molar-refractivity contribution is 6.02. The SMILES string of the molecule is C#CC(=O)C(CC)(CC)N(CC)CC. The summed E-state index contributed by atoms with van der Waals surface area (Å²) in [7, 11) is 0.